The van der Waals surface area contributed by atoms with E-state index in [1.807, 2.05) is 0 Å². The van der Waals surface area contributed by atoms with Crippen molar-refractivity contribution in [3.8, 4) is 23.0 Å². The first-order valence-corrected chi connectivity index (χ1v) is 7.43. The summed E-state index contributed by atoms with van der Waals surface area (Å²) in [5.41, 5.74) is 1.20. The van der Waals surface area contributed by atoms with Crippen LogP contribution >= 0.6 is 0 Å². The van der Waals surface area contributed by atoms with Crippen LogP contribution in [0.5, 0.6) is 23.0 Å². The molecule has 6 nitrogen and oxygen atoms in total. The Morgan fingerprint density at radius 1 is 0.840 bits per heavy atom. The van der Waals surface area contributed by atoms with Gasteiger partial charge in [0.25, 0.3) is 0 Å². The van der Waals surface area contributed by atoms with Gasteiger partial charge in [0, 0.05) is 11.6 Å². The summed E-state index contributed by atoms with van der Waals surface area (Å²) in [5.74, 6) is 1.00. The summed E-state index contributed by atoms with van der Waals surface area (Å²) in [5, 5.41) is 9.65. The largest absolute Gasteiger partial charge is 0.497 e. The van der Waals surface area contributed by atoms with Gasteiger partial charge in [0.05, 0.1) is 34.0 Å². The maximum atomic E-state index is 11.8. The van der Waals surface area contributed by atoms with E-state index in [2.05, 4.69) is 0 Å². The van der Waals surface area contributed by atoms with E-state index in [0.29, 0.717) is 34.1 Å². The molecule has 0 bridgehead atoms. The fourth-order valence-electron chi connectivity index (χ4n) is 2.38. The molecule has 0 radical (unpaired) electrons. The normalized spacial score (nSPS) is 11.0. The minimum absolute atomic E-state index is 0.0896. The Morgan fingerprint density at radius 2 is 1.52 bits per heavy atom. The summed E-state index contributed by atoms with van der Waals surface area (Å²) in [4.78, 5) is 11.8. The SMILES string of the molecule is COc1ccc(/C(=C/c2ccc(OC)c(OC)c2)C(=O)O)c(OC)c1. The summed E-state index contributed by atoms with van der Waals surface area (Å²) in [7, 11) is 6.08. The van der Waals surface area contributed by atoms with Gasteiger partial charge in [-0.3, -0.25) is 0 Å². The Bertz CT molecular complexity index is 794. The zero-order valence-electron chi connectivity index (χ0n) is 14.5. The van der Waals surface area contributed by atoms with Gasteiger partial charge in [-0.15, -0.1) is 0 Å². The molecule has 0 aliphatic heterocycles. The lowest BCUT2D eigenvalue weighted by Crippen LogP contribution is -2.02. The first-order valence-electron chi connectivity index (χ1n) is 7.43. The van der Waals surface area contributed by atoms with Crippen molar-refractivity contribution < 1.29 is 28.8 Å². The third-order valence-electron chi connectivity index (χ3n) is 3.65. The average Bonchev–Trinajstić information content (AvgIpc) is 2.65. The summed E-state index contributed by atoms with van der Waals surface area (Å²) >= 11 is 0. The number of carboxylic acids is 1. The van der Waals surface area contributed by atoms with Crippen LogP contribution in [0.1, 0.15) is 11.1 Å². The van der Waals surface area contributed by atoms with E-state index in [1.54, 1.807) is 42.5 Å². The number of benzene rings is 2. The highest BCUT2D eigenvalue weighted by Gasteiger charge is 2.17. The van der Waals surface area contributed by atoms with E-state index < -0.39 is 5.97 Å². The highest BCUT2D eigenvalue weighted by Crippen LogP contribution is 2.33. The Kier molecular flexibility index (Phi) is 5.89. The Hall–Kier alpha value is -3.15. The number of rotatable bonds is 7. The van der Waals surface area contributed by atoms with Gasteiger partial charge in [-0.05, 0) is 35.9 Å². The van der Waals surface area contributed by atoms with E-state index in [0.717, 1.165) is 0 Å². The highest BCUT2D eigenvalue weighted by molar-refractivity contribution is 6.21. The van der Waals surface area contributed by atoms with Gasteiger partial charge in [0.1, 0.15) is 11.5 Å². The molecule has 6 heteroatoms. The number of aliphatic carboxylic acids is 1. The molecule has 0 aliphatic rings. The van der Waals surface area contributed by atoms with Crippen LogP contribution in [0.25, 0.3) is 11.6 Å². The molecule has 0 aliphatic carbocycles. The molecule has 2 aromatic rings. The lowest BCUT2D eigenvalue weighted by molar-refractivity contribution is -0.130. The fourth-order valence-corrected chi connectivity index (χ4v) is 2.38. The highest BCUT2D eigenvalue weighted by atomic mass is 16.5. The number of ether oxygens (including phenoxy) is 4. The van der Waals surface area contributed by atoms with Gasteiger partial charge in [0.2, 0.25) is 0 Å². The molecule has 0 fully saturated rings. The molecule has 0 aromatic heterocycles. The summed E-state index contributed by atoms with van der Waals surface area (Å²) < 4.78 is 20.9. The van der Waals surface area contributed by atoms with Crippen molar-refractivity contribution in [2.45, 2.75) is 0 Å². The van der Waals surface area contributed by atoms with Crippen molar-refractivity contribution in [2.24, 2.45) is 0 Å². The molecule has 0 amide bonds. The molecule has 0 spiro atoms. The minimum Gasteiger partial charge on any atom is -0.497 e. The lowest BCUT2D eigenvalue weighted by Gasteiger charge is -2.12. The molecule has 25 heavy (non-hydrogen) atoms. The Balaban J connectivity index is 2.55. The van der Waals surface area contributed by atoms with Crippen molar-refractivity contribution in [1.82, 2.24) is 0 Å². The number of carboxylic acid groups (broad SMARTS) is 1. The van der Waals surface area contributed by atoms with Crippen molar-refractivity contribution in [3.05, 3.63) is 47.5 Å². The standard InChI is InChI=1S/C19H20O6/c1-22-13-6-7-14(17(11-13)24-3)15(19(20)21)9-12-5-8-16(23-2)18(10-12)25-4/h5-11H,1-4H3,(H,20,21)/b15-9-. The second-order valence-electron chi connectivity index (χ2n) is 5.04. The third kappa shape index (κ3) is 4.03. The summed E-state index contributed by atoms with van der Waals surface area (Å²) in [6.45, 7) is 0. The Labute approximate surface area is 146 Å². The molecule has 0 heterocycles. The van der Waals surface area contributed by atoms with Crippen molar-refractivity contribution in [3.63, 3.8) is 0 Å². The predicted molar refractivity (Wildman–Crippen MR) is 94.6 cm³/mol. The Morgan fingerprint density at radius 3 is 2.08 bits per heavy atom. The van der Waals surface area contributed by atoms with E-state index >= 15 is 0 Å². The average molecular weight is 344 g/mol. The monoisotopic (exact) mass is 344 g/mol. The number of methoxy groups -OCH3 is 4. The minimum atomic E-state index is -1.07. The summed E-state index contributed by atoms with van der Waals surface area (Å²) in [6.07, 6.45) is 1.55. The van der Waals surface area contributed by atoms with Crippen molar-refractivity contribution in [1.29, 1.82) is 0 Å². The van der Waals surface area contributed by atoms with Crippen LogP contribution in [0.15, 0.2) is 36.4 Å². The molecule has 2 aromatic carbocycles. The predicted octanol–water partition coefficient (Wildman–Crippen LogP) is 3.35. The van der Waals surface area contributed by atoms with Gasteiger partial charge in [-0.2, -0.15) is 0 Å². The third-order valence-corrected chi connectivity index (χ3v) is 3.65. The van der Waals surface area contributed by atoms with Crippen molar-refractivity contribution >= 4 is 17.6 Å². The van der Waals surface area contributed by atoms with E-state index in [1.165, 1.54) is 28.4 Å². The van der Waals surface area contributed by atoms with E-state index in [-0.39, 0.29) is 5.57 Å². The van der Waals surface area contributed by atoms with Crippen LogP contribution in [0.2, 0.25) is 0 Å². The maximum absolute atomic E-state index is 11.8. The second-order valence-corrected chi connectivity index (χ2v) is 5.04. The lowest BCUT2D eigenvalue weighted by atomic mass is 10.0. The first-order chi connectivity index (χ1) is 12.0. The molecule has 0 unspecified atom stereocenters. The van der Waals surface area contributed by atoms with Gasteiger partial charge < -0.3 is 24.1 Å². The summed E-state index contributed by atoms with van der Waals surface area (Å²) in [6, 6.07) is 10.1. The molecule has 0 saturated carbocycles. The van der Waals surface area contributed by atoms with Crippen LogP contribution in [0.3, 0.4) is 0 Å². The molecule has 0 atom stereocenters. The second kappa shape index (κ2) is 8.10. The van der Waals surface area contributed by atoms with Gasteiger partial charge in [0.15, 0.2) is 11.5 Å². The zero-order valence-corrected chi connectivity index (χ0v) is 14.5. The fraction of sp³-hybridized carbons (Fsp3) is 0.211. The van der Waals surface area contributed by atoms with Crippen molar-refractivity contribution in [2.75, 3.05) is 28.4 Å². The maximum Gasteiger partial charge on any atom is 0.336 e. The van der Waals surface area contributed by atoms with Crippen LogP contribution in [-0.4, -0.2) is 39.5 Å². The van der Waals surface area contributed by atoms with E-state index in [4.69, 9.17) is 18.9 Å². The van der Waals surface area contributed by atoms with Crippen LogP contribution in [0, 0.1) is 0 Å². The molecule has 1 N–H and O–H groups in total. The van der Waals surface area contributed by atoms with Crippen LogP contribution < -0.4 is 18.9 Å². The van der Waals surface area contributed by atoms with Gasteiger partial charge in [-0.25, -0.2) is 4.79 Å². The molecule has 0 saturated heterocycles. The molecule has 132 valence electrons. The van der Waals surface area contributed by atoms with Gasteiger partial charge in [-0.1, -0.05) is 6.07 Å². The zero-order chi connectivity index (χ0) is 18.4. The quantitative estimate of drug-likeness (QED) is 0.613. The molecular weight excluding hydrogens is 324 g/mol. The van der Waals surface area contributed by atoms with Crippen LogP contribution in [0.4, 0.5) is 0 Å². The molecular formula is C19H20O6. The number of carbonyl (C=O) groups is 1. The smallest absolute Gasteiger partial charge is 0.336 e. The van der Waals surface area contributed by atoms with Gasteiger partial charge >= 0.3 is 5.97 Å². The first kappa shape index (κ1) is 18.2. The van der Waals surface area contributed by atoms with Crippen LogP contribution in [-0.2, 0) is 4.79 Å². The molecule has 2 rings (SSSR count). The number of hydrogen-bond acceptors (Lipinski definition) is 5. The van der Waals surface area contributed by atoms with E-state index in [9.17, 15) is 9.90 Å². The topological polar surface area (TPSA) is 74.2 Å². The number of hydrogen-bond donors (Lipinski definition) is 1.